The predicted molar refractivity (Wildman–Crippen MR) is 88.8 cm³/mol. The fourth-order valence-electron chi connectivity index (χ4n) is 2.80. The van der Waals surface area contributed by atoms with E-state index in [2.05, 4.69) is 22.5 Å². The topological polar surface area (TPSA) is 69.1 Å². The van der Waals surface area contributed by atoms with Gasteiger partial charge in [-0.1, -0.05) is 24.3 Å². The molecule has 154 valence electrons. The third-order valence-electron chi connectivity index (χ3n) is 4.20. The number of nitrogens with one attached hydrogen (secondary N) is 3. The predicted octanol–water partition coefficient (Wildman–Crippen LogP) is 3.85. The molecule has 1 aliphatic heterocycles. The Morgan fingerprint density at radius 2 is 1.59 bits per heavy atom. The summed E-state index contributed by atoms with van der Waals surface area (Å²) in [7, 11) is 0. The summed E-state index contributed by atoms with van der Waals surface area (Å²) in [6.45, 7) is -0.253. The number of hydrazine groups is 2. The van der Waals surface area contributed by atoms with Crippen LogP contribution in [-0.4, -0.2) is 6.04 Å². The van der Waals surface area contributed by atoms with E-state index in [0.717, 1.165) is 0 Å². The van der Waals surface area contributed by atoms with Crippen LogP contribution >= 0.6 is 0 Å². The van der Waals surface area contributed by atoms with E-state index in [9.17, 15) is 26.3 Å². The minimum Gasteiger partial charge on any atom is -0.489 e. The van der Waals surface area contributed by atoms with Gasteiger partial charge in [0.2, 0.25) is 0 Å². The van der Waals surface area contributed by atoms with Crippen molar-refractivity contribution in [2.75, 3.05) is 0 Å². The van der Waals surface area contributed by atoms with E-state index in [4.69, 9.17) is 10.00 Å². The van der Waals surface area contributed by atoms with Crippen molar-refractivity contribution in [3.63, 3.8) is 0 Å². The molecule has 0 radical (unpaired) electrons. The van der Waals surface area contributed by atoms with Crippen LogP contribution in [0.5, 0.6) is 5.75 Å². The van der Waals surface area contributed by atoms with Crippen molar-refractivity contribution in [3.8, 4) is 11.8 Å². The highest BCUT2D eigenvalue weighted by Crippen LogP contribution is 2.38. The Morgan fingerprint density at radius 3 is 2.17 bits per heavy atom. The summed E-state index contributed by atoms with van der Waals surface area (Å²) in [6.07, 6.45) is -9.89. The molecular weight excluding hydrogens is 402 g/mol. The van der Waals surface area contributed by atoms with Crippen molar-refractivity contribution >= 4 is 0 Å². The highest BCUT2D eigenvalue weighted by atomic mass is 19.4. The van der Waals surface area contributed by atoms with Gasteiger partial charge in [-0.15, -0.1) is 0 Å². The van der Waals surface area contributed by atoms with E-state index < -0.39 is 41.3 Å². The van der Waals surface area contributed by atoms with E-state index >= 15 is 0 Å². The first kappa shape index (κ1) is 20.9. The zero-order valence-corrected chi connectivity index (χ0v) is 14.5. The van der Waals surface area contributed by atoms with Gasteiger partial charge in [-0.25, -0.2) is 10.9 Å². The average molecular weight is 416 g/mol. The molecule has 1 aliphatic rings. The van der Waals surface area contributed by atoms with E-state index in [1.54, 1.807) is 24.3 Å². The summed E-state index contributed by atoms with van der Waals surface area (Å²) in [4.78, 5) is 0. The van der Waals surface area contributed by atoms with Gasteiger partial charge >= 0.3 is 12.4 Å². The van der Waals surface area contributed by atoms with Crippen molar-refractivity contribution in [2.45, 2.75) is 31.0 Å². The lowest BCUT2D eigenvalue weighted by molar-refractivity contribution is -0.143. The van der Waals surface area contributed by atoms with Crippen molar-refractivity contribution in [2.24, 2.45) is 0 Å². The smallest absolute Gasteiger partial charge is 0.416 e. The monoisotopic (exact) mass is 416 g/mol. The molecule has 0 aliphatic carbocycles. The number of nitriles is 1. The molecule has 0 amide bonds. The van der Waals surface area contributed by atoms with Crippen molar-refractivity contribution in [1.29, 1.82) is 5.26 Å². The van der Waals surface area contributed by atoms with Crippen molar-refractivity contribution in [1.82, 2.24) is 16.4 Å². The fourth-order valence-corrected chi connectivity index (χ4v) is 2.80. The second kappa shape index (κ2) is 7.90. The lowest BCUT2D eigenvalue weighted by Gasteiger charge is -2.16. The van der Waals surface area contributed by atoms with E-state index in [1.807, 2.05) is 0 Å². The molecule has 0 bridgehead atoms. The van der Waals surface area contributed by atoms with Crippen LogP contribution in [0.4, 0.5) is 26.3 Å². The normalized spacial score (nSPS) is 19.8. The molecule has 0 aromatic heterocycles. The first-order chi connectivity index (χ1) is 13.6. The van der Waals surface area contributed by atoms with Gasteiger partial charge in [0.25, 0.3) is 0 Å². The van der Waals surface area contributed by atoms with Crippen molar-refractivity contribution < 1.29 is 31.1 Å². The van der Waals surface area contributed by atoms with Crippen LogP contribution in [0.1, 0.15) is 28.3 Å². The molecule has 2 aromatic carbocycles. The molecule has 3 rings (SSSR count). The van der Waals surface area contributed by atoms with Crippen LogP contribution in [-0.2, 0) is 19.0 Å². The molecule has 5 nitrogen and oxygen atoms in total. The zero-order valence-electron chi connectivity index (χ0n) is 14.5. The first-order valence-corrected chi connectivity index (χ1v) is 8.25. The molecule has 29 heavy (non-hydrogen) atoms. The summed E-state index contributed by atoms with van der Waals surface area (Å²) in [6, 6.07) is 8.81. The van der Waals surface area contributed by atoms with Gasteiger partial charge in [0, 0.05) is 0 Å². The second-order valence-corrected chi connectivity index (χ2v) is 6.27. The van der Waals surface area contributed by atoms with Crippen LogP contribution in [0.25, 0.3) is 0 Å². The molecular formula is C18H14F6N4O. The summed E-state index contributed by atoms with van der Waals surface area (Å²) < 4.78 is 82.8. The van der Waals surface area contributed by atoms with Crippen LogP contribution < -0.4 is 21.1 Å². The molecule has 0 spiro atoms. The van der Waals surface area contributed by atoms with Gasteiger partial charge in [0.1, 0.15) is 18.4 Å². The van der Waals surface area contributed by atoms with Crippen molar-refractivity contribution in [3.05, 3.63) is 64.7 Å². The number of ether oxygens (including phenoxy) is 1. The Morgan fingerprint density at radius 1 is 0.931 bits per heavy atom. The molecule has 0 saturated carbocycles. The SMILES string of the molecule is N#CC1NNNC1c1cccc(COc2cc(C(F)(F)F)cc(C(F)(F)F)c2)c1. The summed E-state index contributed by atoms with van der Waals surface area (Å²) in [5.74, 6) is -0.547. The van der Waals surface area contributed by atoms with E-state index in [-0.39, 0.29) is 12.7 Å². The minimum absolute atomic E-state index is 0.0429. The summed E-state index contributed by atoms with van der Waals surface area (Å²) in [5.41, 5.74) is 6.49. The summed E-state index contributed by atoms with van der Waals surface area (Å²) >= 11 is 0. The Labute approximate surface area is 161 Å². The quantitative estimate of drug-likeness (QED) is 0.661. The van der Waals surface area contributed by atoms with Gasteiger partial charge in [0.15, 0.2) is 0 Å². The van der Waals surface area contributed by atoms with Gasteiger partial charge < -0.3 is 4.74 Å². The largest absolute Gasteiger partial charge is 0.489 e. The Bertz CT molecular complexity index is 890. The van der Waals surface area contributed by atoms with Gasteiger partial charge in [-0.05, 0) is 29.3 Å². The number of hydrogen-bond donors (Lipinski definition) is 3. The molecule has 1 fully saturated rings. The summed E-state index contributed by atoms with van der Waals surface area (Å²) in [5, 5.41) is 9.10. The van der Waals surface area contributed by atoms with Gasteiger partial charge in [-0.2, -0.15) is 37.1 Å². The Hall–Kier alpha value is -2.81. The number of nitrogens with zero attached hydrogens (tertiary/aromatic N) is 1. The second-order valence-electron chi connectivity index (χ2n) is 6.27. The van der Waals surface area contributed by atoms with Crippen LogP contribution in [0.15, 0.2) is 42.5 Å². The zero-order chi connectivity index (χ0) is 21.2. The molecule has 3 N–H and O–H groups in total. The first-order valence-electron chi connectivity index (χ1n) is 8.25. The average Bonchev–Trinajstić information content (AvgIpc) is 3.14. The number of halogens is 6. The van der Waals surface area contributed by atoms with Crippen LogP contribution in [0.3, 0.4) is 0 Å². The molecule has 1 saturated heterocycles. The lowest BCUT2D eigenvalue weighted by atomic mass is 10.00. The number of rotatable bonds is 4. The Balaban J connectivity index is 1.81. The highest BCUT2D eigenvalue weighted by molar-refractivity contribution is 5.38. The van der Waals surface area contributed by atoms with Gasteiger partial charge in [-0.3, -0.25) is 0 Å². The fraction of sp³-hybridized carbons (Fsp3) is 0.278. The van der Waals surface area contributed by atoms with Crippen LogP contribution in [0.2, 0.25) is 0 Å². The standard InChI is InChI=1S/C18H14F6N4O/c19-17(20,21)12-5-13(18(22,23)24)7-14(6-12)29-9-10-2-1-3-11(4-10)16-15(8-25)26-28-27-16/h1-7,15-16,26-28H,9H2. The molecule has 2 aromatic rings. The number of alkyl halides is 6. The lowest BCUT2D eigenvalue weighted by Crippen LogP contribution is -2.32. The highest BCUT2D eigenvalue weighted by Gasteiger charge is 2.37. The van der Waals surface area contributed by atoms with E-state index in [0.29, 0.717) is 23.3 Å². The van der Waals surface area contributed by atoms with E-state index in [1.165, 1.54) is 0 Å². The minimum atomic E-state index is -4.94. The third kappa shape index (κ3) is 4.97. The third-order valence-corrected chi connectivity index (χ3v) is 4.20. The van der Waals surface area contributed by atoms with Crippen LogP contribution in [0, 0.1) is 11.3 Å². The molecule has 1 heterocycles. The number of benzene rings is 2. The Kier molecular flexibility index (Phi) is 5.70. The molecule has 2 atom stereocenters. The van der Waals surface area contributed by atoms with Gasteiger partial charge in [0.05, 0.1) is 23.2 Å². The maximum atomic E-state index is 12.9. The molecule has 11 heteroatoms. The molecule has 2 unspecified atom stereocenters. The number of hydrogen-bond acceptors (Lipinski definition) is 5. The maximum absolute atomic E-state index is 12.9. The maximum Gasteiger partial charge on any atom is 0.416 e.